The number of ether oxygens (including phenoxy) is 3. The summed E-state index contributed by atoms with van der Waals surface area (Å²) in [7, 11) is 0. The van der Waals surface area contributed by atoms with E-state index in [1.165, 1.54) is 135 Å². The summed E-state index contributed by atoms with van der Waals surface area (Å²) >= 11 is 0. The van der Waals surface area contributed by atoms with Gasteiger partial charge in [0, 0.05) is 19.3 Å². The molecule has 0 heterocycles. The third-order valence-electron chi connectivity index (χ3n) is 12.0. The zero-order valence-electron chi connectivity index (χ0n) is 43.0. The van der Waals surface area contributed by atoms with Gasteiger partial charge in [0.25, 0.3) is 0 Å². The van der Waals surface area contributed by atoms with Crippen molar-refractivity contribution in [1.29, 1.82) is 0 Å². The highest BCUT2D eigenvalue weighted by atomic mass is 16.6. The quantitative estimate of drug-likeness (QED) is 0.0262. The Kier molecular flexibility index (Phi) is 51.3. The molecule has 0 rings (SSSR count). The van der Waals surface area contributed by atoms with E-state index in [2.05, 4.69) is 81.5 Å². The van der Waals surface area contributed by atoms with Crippen molar-refractivity contribution in [3.8, 4) is 0 Å². The lowest BCUT2D eigenvalue weighted by Gasteiger charge is -2.18. The summed E-state index contributed by atoms with van der Waals surface area (Å²) in [6, 6.07) is 0. The second kappa shape index (κ2) is 53.7. The molecule has 0 spiro atoms. The standard InChI is InChI=1S/C59H104O6/c1-4-7-10-13-16-19-22-25-28-29-30-31-32-35-37-40-43-46-49-52-58(61)64-55-56(65-59(62)53-50-47-44-41-38-34-27-24-21-18-15-12-9-6-3)54-63-57(60)51-48-45-42-39-36-33-26-23-20-17-14-11-8-5-2/h7,10,16,19,25,28,30-31,34,38,56H,4-6,8-9,11-15,17-18,20-24,26-27,29,32-33,35-37,39-55H2,1-3H3/b10-7-,19-16-,28-25-,31-30-,38-34-. The average molecular weight is 909 g/mol. The fourth-order valence-corrected chi connectivity index (χ4v) is 7.84. The number of carbonyl (C=O) groups is 3. The Labute approximate surface area is 402 Å². The van der Waals surface area contributed by atoms with E-state index in [9.17, 15) is 14.4 Å². The average Bonchev–Trinajstić information content (AvgIpc) is 3.30. The molecule has 376 valence electrons. The van der Waals surface area contributed by atoms with E-state index in [0.717, 1.165) is 103 Å². The van der Waals surface area contributed by atoms with Gasteiger partial charge in [-0.05, 0) is 83.5 Å². The number of carbonyl (C=O) groups excluding carboxylic acids is 3. The molecule has 6 nitrogen and oxygen atoms in total. The van der Waals surface area contributed by atoms with Crippen LogP contribution in [0.5, 0.6) is 0 Å². The molecule has 1 unspecified atom stereocenters. The highest BCUT2D eigenvalue weighted by molar-refractivity contribution is 5.71. The fraction of sp³-hybridized carbons (Fsp3) is 0.780. The van der Waals surface area contributed by atoms with Crippen LogP contribution >= 0.6 is 0 Å². The first-order valence-corrected chi connectivity index (χ1v) is 27.8. The van der Waals surface area contributed by atoms with E-state index < -0.39 is 6.10 Å². The lowest BCUT2D eigenvalue weighted by atomic mass is 10.0. The number of rotatable bonds is 50. The van der Waals surface area contributed by atoms with Gasteiger partial charge in [0.05, 0.1) is 0 Å². The van der Waals surface area contributed by atoms with Gasteiger partial charge in [0.1, 0.15) is 13.2 Å². The first-order valence-electron chi connectivity index (χ1n) is 27.8. The summed E-state index contributed by atoms with van der Waals surface area (Å²) in [4.78, 5) is 38.1. The zero-order valence-corrected chi connectivity index (χ0v) is 43.0. The molecule has 0 aliphatic rings. The summed E-state index contributed by atoms with van der Waals surface area (Å²) in [5.74, 6) is -0.903. The molecule has 0 aromatic heterocycles. The van der Waals surface area contributed by atoms with Gasteiger partial charge in [0.2, 0.25) is 0 Å². The molecule has 65 heavy (non-hydrogen) atoms. The predicted octanol–water partition coefficient (Wildman–Crippen LogP) is 18.4. The summed E-state index contributed by atoms with van der Waals surface area (Å²) in [6.07, 6.45) is 66.3. The number of allylic oxidation sites excluding steroid dienone is 10. The second-order valence-corrected chi connectivity index (χ2v) is 18.5. The molecule has 0 saturated carbocycles. The van der Waals surface area contributed by atoms with E-state index in [4.69, 9.17) is 14.2 Å². The monoisotopic (exact) mass is 909 g/mol. The van der Waals surface area contributed by atoms with Crippen molar-refractivity contribution < 1.29 is 28.6 Å². The molecule has 0 aromatic rings. The van der Waals surface area contributed by atoms with Crippen molar-refractivity contribution in [3.05, 3.63) is 60.8 Å². The Morgan fingerprint density at radius 3 is 0.969 bits per heavy atom. The van der Waals surface area contributed by atoms with Crippen LogP contribution < -0.4 is 0 Å². The number of hydrogen-bond donors (Lipinski definition) is 0. The van der Waals surface area contributed by atoms with E-state index in [-0.39, 0.29) is 31.1 Å². The maximum atomic E-state index is 12.8. The third-order valence-corrected chi connectivity index (χ3v) is 12.0. The molecule has 0 bridgehead atoms. The van der Waals surface area contributed by atoms with Crippen LogP contribution in [-0.2, 0) is 28.6 Å². The van der Waals surface area contributed by atoms with Gasteiger partial charge >= 0.3 is 17.9 Å². The highest BCUT2D eigenvalue weighted by Gasteiger charge is 2.19. The van der Waals surface area contributed by atoms with Gasteiger partial charge in [-0.1, -0.05) is 236 Å². The molecule has 0 N–H and O–H groups in total. The van der Waals surface area contributed by atoms with Crippen molar-refractivity contribution in [2.75, 3.05) is 13.2 Å². The van der Waals surface area contributed by atoms with Crippen molar-refractivity contribution in [1.82, 2.24) is 0 Å². The Bertz CT molecular complexity index is 1180. The van der Waals surface area contributed by atoms with Gasteiger partial charge in [-0.25, -0.2) is 0 Å². The van der Waals surface area contributed by atoms with Crippen LogP contribution in [0.3, 0.4) is 0 Å². The zero-order chi connectivity index (χ0) is 47.2. The molecule has 1 atom stereocenters. The van der Waals surface area contributed by atoms with Crippen LogP contribution in [-0.4, -0.2) is 37.2 Å². The number of hydrogen-bond acceptors (Lipinski definition) is 6. The molecule has 0 aromatic carbocycles. The molecule has 0 fully saturated rings. The van der Waals surface area contributed by atoms with Gasteiger partial charge in [-0.15, -0.1) is 0 Å². The predicted molar refractivity (Wildman–Crippen MR) is 279 cm³/mol. The summed E-state index contributed by atoms with van der Waals surface area (Å²) in [5.41, 5.74) is 0. The summed E-state index contributed by atoms with van der Waals surface area (Å²) in [5, 5.41) is 0. The Balaban J connectivity index is 4.39. The molecule has 0 radical (unpaired) electrons. The number of esters is 3. The molecule has 0 aliphatic carbocycles. The summed E-state index contributed by atoms with van der Waals surface area (Å²) < 4.78 is 16.8. The van der Waals surface area contributed by atoms with Gasteiger partial charge in [0.15, 0.2) is 6.10 Å². The van der Waals surface area contributed by atoms with Crippen LogP contribution in [0, 0.1) is 0 Å². The molecule has 6 heteroatoms. The smallest absolute Gasteiger partial charge is 0.306 e. The van der Waals surface area contributed by atoms with Crippen LogP contribution in [0.15, 0.2) is 60.8 Å². The van der Waals surface area contributed by atoms with E-state index in [1.807, 2.05) is 0 Å². The largest absolute Gasteiger partial charge is 0.462 e. The minimum Gasteiger partial charge on any atom is -0.462 e. The maximum Gasteiger partial charge on any atom is 0.306 e. The molecule has 0 aliphatic heterocycles. The lowest BCUT2D eigenvalue weighted by molar-refractivity contribution is -0.167. The van der Waals surface area contributed by atoms with Crippen molar-refractivity contribution in [3.63, 3.8) is 0 Å². The Hall–Kier alpha value is -2.89. The van der Waals surface area contributed by atoms with Crippen LogP contribution in [0.1, 0.15) is 278 Å². The van der Waals surface area contributed by atoms with Gasteiger partial charge in [-0.3, -0.25) is 14.4 Å². The molecular formula is C59H104O6. The normalized spacial score (nSPS) is 12.5. The maximum absolute atomic E-state index is 12.8. The molecule has 0 amide bonds. The van der Waals surface area contributed by atoms with Gasteiger partial charge in [-0.2, -0.15) is 0 Å². The molecule has 0 saturated heterocycles. The van der Waals surface area contributed by atoms with E-state index in [1.54, 1.807) is 0 Å². The minimum absolute atomic E-state index is 0.0824. The minimum atomic E-state index is -0.786. The van der Waals surface area contributed by atoms with Crippen LogP contribution in [0.4, 0.5) is 0 Å². The first-order chi connectivity index (χ1) is 32.0. The van der Waals surface area contributed by atoms with Gasteiger partial charge < -0.3 is 14.2 Å². The van der Waals surface area contributed by atoms with E-state index >= 15 is 0 Å². The SMILES string of the molecule is CC/C=C\C/C=C\C/C=C\C/C=C\CCCCCCCCC(=O)OCC(COC(=O)CCCCCCCCCCCCCCCC)OC(=O)CCCCC/C=C\CCCCCCCCC. The van der Waals surface area contributed by atoms with Crippen molar-refractivity contribution in [2.24, 2.45) is 0 Å². The Morgan fingerprint density at radius 1 is 0.323 bits per heavy atom. The molecular weight excluding hydrogens is 805 g/mol. The fourth-order valence-electron chi connectivity index (χ4n) is 7.84. The van der Waals surface area contributed by atoms with Crippen molar-refractivity contribution >= 4 is 17.9 Å². The topological polar surface area (TPSA) is 78.9 Å². The third kappa shape index (κ3) is 51.9. The van der Waals surface area contributed by atoms with E-state index in [0.29, 0.717) is 19.3 Å². The Morgan fingerprint density at radius 2 is 0.600 bits per heavy atom. The number of unbranched alkanes of at least 4 members (excludes halogenated alkanes) is 29. The lowest BCUT2D eigenvalue weighted by Crippen LogP contribution is -2.30. The summed E-state index contributed by atoms with van der Waals surface area (Å²) in [6.45, 7) is 6.52. The second-order valence-electron chi connectivity index (χ2n) is 18.5. The highest BCUT2D eigenvalue weighted by Crippen LogP contribution is 2.15. The van der Waals surface area contributed by atoms with Crippen LogP contribution in [0.25, 0.3) is 0 Å². The van der Waals surface area contributed by atoms with Crippen LogP contribution in [0.2, 0.25) is 0 Å². The van der Waals surface area contributed by atoms with Crippen molar-refractivity contribution in [2.45, 2.75) is 284 Å². The first kappa shape index (κ1) is 62.1.